The van der Waals surface area contributed by atoms with Gasteiger partial charge in [0.2, 0.25) is 0 Å². The number of rotatable bonds is 8. The molecule has 0 fully saturated rings. The molecule has 0 aliphatic rings. The maximum Gasteiger partial charge on any atom is 0.261 e. The third-order valence-corrected chi connectivity index (χ3v) is 6.58. The van der Waals surface area contributed by atoms with Crippen LogP contribution in [0.4, 0.5) is 8.78 Å². The summed E-state index contributed by atoms with van der Waals surface area (Å²) >= 11 is 0. The number of aromatic nitrogens is 4. The van der Waals surface area contributed by atoms with E-state index < -0.39 is 17.7 Å². The van der Waals surface area contributed by atoms with Gasteiger partial charge >= 0.3 is 0 Å². The van der Waals surface area contributed by atoms with Gasteiger partial charge in [0.1, 0.15) is 17.5 Å². The third-order valence-electron chi connectivity index (χ3n) is 6.58. The molecule has 198 valence electrons. The van der Waals surface area contributed by atoms with E-state index in [0.29, 0.717) is 51.3 Å². The fraction of sp³-hybridized carbons (Fsp3) is 0.200. The van der Waals surface area contributed by atoms with Crippen LogP contribution in [-0.4, -0.2) is 19.7 Å². The minimum absolute atomic E-state index is 0.0164. The highest BCUT2D eigenvalue weighted by atomic mass is 19.1. The van der Waals surface area contributed by atoms with Crippen molar-refractivity contribution in [2.24, 2.45) is 0 Å². The van der Waals surface area contributed by atoms with Gasteiger partial charge in [0.15, 0.2) is 11.9 Å². The summed E-state index contributed by atoms with van der Waals surface area (Å²) in [5.41, 5.74) is 3.17. The highest BCUT2D eigenvalue weighted by Crippen LogP contribution is 2.32. The van der Waals surface area contributed by atoms with Gasteiger partial charge in [0.05, 0.1) is 17.8 Å². The van der Waals surface area contributed by atoms with E-state index in [1.807, 2.05) is 6.92 Å². The maximum absolute atomic E-state index is 15.5. The Morgan fingerprint density at radius 3 is 2.33 bits per heavy atom. The summed E-state index contributed by atoms with van der Waals surface area (Å²) in [6.45, 7) is 3.79. The molecule has 0 atom stereocenters. The predicted octanol–water partition coefficient (Wildman–Crippen LogP) is 5.68. The van der Waals surface area contributed by atoms with E-state index in [1.54, 1.807) is 55.5 Å². The number of aryl methyl sites for hydroxylation is 2. The van der Waals surface area contributed by atoms with Crippen molar-refractivity contribution in [1.82, 2.24) is 19.7 Å². The average Bonchev–Trinajstić information content (AvgIpc) is 3.37. The minimum atomic E-state index is -0.808. The van der Waals surface area contributed by atoms with Gasteiger partial charge < -0.3 is 9.63 Å². The molecule has 9 heteroatoms. The van der Waals surface area contributed by atoms with Crippen LogP contribution in [0.3, 0.4) is 0 Å². The van der Waals surface area contributed by atoms with Gasteiger partial charge in [-0.1, -0.05) is 61.9 Å². The fourth-order valence-corrected chi connectivity index (χ4v) is 4.62. The summed E-state index contributed by atoms with van der Waals surface area (Å²) < 4.78 is 35.2. The van der Waals surface area contributed by atoms with Crippen LogP contribution in [-0.2, 0) is 13.0 Å². The maximum atomic E-state index is 15.5. The Labute approximate surface area is 223 Å². The Kier molecular flexibility index (Phi) is 7.31. The van der Waals surface area contributed by atoms with Crippen LogP contribution in [0.15, 0.2) is 76.0 Å². The van der Waals surface area contributed by atoms with Crippen molar-refractivity contribution in [1.29, 1.82) is 0 Å². The van der Waals surface area contributed by atoms with Gasteiger partial charge in [-0.15, -0.1) is 0 Å². The monoisotopic (exact) mass is 527 g/mol. The van der Waals surface area contributed by atoms with Gasteiger partial charge in [0.25, 0.3) is 5.56 Å². The molecule has 0 saturated heterocycles. The van der Waals surface area contributed by atoms with Crippen molar-refractivity contribution in [3.8, 4) is 39.7 Å². The standard InChI is InChI=1S/C30H26F2N4O3/c1-3-4-9-26-33-18(2)27(19-12-14-22(31)15-13-19)29(37)36(26)17-21-11-10-20(16-25(21)32)23-7-5-6-8-24(23)28-34-30(38)39-35-28/h5-8,10-16H,3-4,9,17H2,1-2H3,(H,34,35,38)/p-1. The molecule has 39 heavy (non-hydrogen) atoms. The number of halogens is 2. The molecule has 0 aliphatic heterocycles. The molecule has 0 saturated carbocycles. The molecular formula is C30H25F2N4O3-. The number of benzene rings is 3. The molecule has 5 rings (SSSR count). The van der Waals surface area contributed by atoms with E-state index in [0.717, 1.165) is 12.8 Å². The highest BCUT2D eigenvalue weighted by Gasteiger charge is 2.18. The zero-order valence-corrected chi connectivity index (χ0v) is 21.4. The molecule has 0 N–H and O–H groups in total. The summed E-state index contributed by atoms with van der Waals surface area (Å²) in [5.74, 6) is -0.214. The van der Waals surface area contributed by atoms with Gasteiger partial charge in [-0.25, -0.2) is 18.7 Å². The van der Waals surface area contributed by atoms with Crippen LogP contribution in [0.2, 0.25) is 0 Å². The van der Waals surface area contributed by atoms with Crippen molar-refractivity contribution >= 4 is 0 Å². The average molecular weight is 528 g/mol. The van der Waals surface area contributed by atoms with Gasteiger partial charge in [-0.2, -0.15) is 5.16 Å². The Hall–Kier alpha value is -4.66. The molecule has 0 bridgehead atoms. The number of nitrogens with zero attached hydrogens (tertiary/aromatic N) is 4. The lowest BCUT2D eigenvalue weighted by molar-refractivity contribution is -0.303. The van der Waals surface area contributed by atoms with E-state index in [-0.39, 0.29) is 17.9 Å². The van der Waals surface area contributed by atoms with Crippen LogP contribution in [0.5, 0.6) is 6.08 Å². The number of unbranched alkanes of at least 4 members (excludes halogenated alkanes) is 1. The fourth-order valence-electron chi connectivity index (χ4n) is 4.62. The second-order valence-corrected chi connectivity index (χ2v) is 9.23. The van der Waals surface area contributed by atoms with Crippen LogP contribution in [0.25, 0.3) is 33.6 Å². The van der Waals surface area contributed by atoms with E-state index in [4.69, 9.17) is 4.98 Å². The summed E-state index contributed by atoms with van der Waals surface area (Å²) in [7, 11) is 0. The lowest BCUT2D eigenvalue weighted by Gasteiger charge is -2.17. The molecule has 0 radical (unpaired) electrons. The zero-order valence-electron chi connectivity index (χ0n) is 21.4. The van der Waals surface area contributed by atoms with Gasteiger partial charge in [-0.3, -0.25) is 9.36 Å². The van der Waals surface area contributed by atoms with Crippen molar-refractivity contribution in [3.05, 3.63) is 106 Å². The van der Waals surface area contributed by atoms with Crippen LogP contribution < -0.4 is 10.7 Å². The second-order valence-electron chi connectivity index (χ2n) is 9.23. The third kappa shape index (κ3) is 5.34. The predicted molar refractivity (Wildman–Crippen MR) is 141 cm³/mol. The van der Waals surface area contributed by atoms with Crippen molar-refractivity contribution < 1.29 is 18.4 Å². The van der Waals surface area contributed by atoms with Crippen molar-refractivity contribution in [2.45, 2.75) is 39.7 Å². The van der Waals surface area contributed by atoms with E-state index in [1.165, 1.54) is 22.8 Å². The van der Waals surface area contributed by atoms with Crippen LogP contribution >= 0.6 is 0 Å². The number of hydrogen-bond acceptors (Lipinski definition) is 6. The first-order valence-electron chi connectivity index (χ1n) is 12.6. The van der Waals surface area contributed by atoms with Gasteiger partial charge in [0, 0.05) is 17.5 Å². The number of hydrogen-bond donors (Lipinski definition) is 0. The normalized spacial score (nSPS) is 11.2. The first-order chi connectivity index (χ1) is 18.9. The van der Waals surface area contributed by atoms with Gasteiger partial charge in [-0.05, 0) is 48.2 Å². The van der Waals surface area contributed by atoms with E-state index >= 15 is 4.39 Å². The molecule has 2 heterocycles. The summed E-state index contributed by atoms with van der Waals surface area (Å²) in [6, 6.07) is 17.5. The molecule has 0 spiro atoms. The minimum Gasteiger partial charge on any atom is -0.528 e. The Bertz CT molecular complexity index is 1690. The summed E-state index contributed by atoms with van der Waals surface area (Å²) in [6.07, 6.45) is 1.49. The van der Waals surface area contributed by atoms with Crippen molar-refractivity contribution in [2.75, 3.05) is 0 Å². The zero-order chi connectivity index (χ0) is 27.5. The SMILES string of the molecule is CCCCc1nc(C)c(-c2ccc(F)cc2)c(=O)n1Cc1ccc(-c2ccccc2-c2noc([O-])n2)cc1F. The Morgan fingerprint density at radius 1 is 0.949 bits per heavy atom. The quantitative estimate of drug-likeness (QED) is 0.258. The Balaban J connectivity index is 1.55. The molecule has 7 nitrogen and oxygen atoms in total. The molecule has 3 aromatic carbocycles. The molecule has 0 unspecified atom stereocenters. The molecular weight excluding hydrogens is 502 g/mol. The summed E-state index contributed by atoms with van der Waals surface area (Å²) in [5, 5.41) is 15.1. The first-order valence-corrected chi connectivity index (χ1v) is 12.6. The smallest absolute Gasteiger partial charge is 0.261 e. The Morgan fingerprint density at radius 2 is 1.67 bits per heavy atom. The summed E-state index contributed by atoms with van der Waals surface area (Å²) in [4.78, 5) is 22.2. The van der Waals surface area contributed by atoms with Crippen LogP contribution in [0.1, 0.15) is 36.8 Å². The lowest BCUT2D eigenvalue weighted by Crippen LogP contribution is -2.28. The van der Waals surface area contributed by atoms with Crippen LogP contribution in [0, 0.1) is 18.6 Å². The molecule has 2 aromatic heterocycles. The lowest BCUT2D eigenvalue weighted by atomic mass is 9.98. The first kappa shape index (κ1) is 26.0. The molecule has 0 amide bonds. The van der Waals surface area contributed by atoms with E-state index in [9.17, 15) is 14.3 Å². The largest absolute Gasteiger partial charge is 0.528 e. The second kappa shape index (κ2) is 11.0. The van der Waals surface area contributed by atoms with E-state index in [2.05, 4.69) is 14.7 Å². The van der Waals surface area contributed by atoms with Crippen molar-refractivity contribution in [3.63, 3.8) is 0 Å². The highest BCUT2D eigenvalue weighted by molar-refractivity contribution is 5.80. The molecule has 0 aliphatic carbocycles. The molecule has 5 aromatic rings. The topological polar surface area (TPSA) is 96.9 Å².